The predicted octanol–water partition coefficient (Wildman–Crippen LogP) is 4.94. The molecule has 2 nitrogen and oxygen atoms in total. The molecule has 0 atom stereocenters. The highest BCUT2D eigenvalue weighted by Gasteiger charge is 1.99. The molecule has 0 unspecified atom stereocenters. The third kappa shape index (κ3) is 3.04. The van der Waals surface area contributed by atoms with Crippen molar-refractivity contribution in [2.24, 2.45) is 0 Å². The first-order valence-corrected chi connectivity index (χ1v) is 6.65. The fourth-order valence-electron chi connectivity index (χ4n) is 1.98. The van der Waals surface area contributed by atoms with Crippen LogP contribution in [-0.4, -0.2) is 4.98 Å². The minimum Gasteiger partial charge on any atom is -0.437 e. The highest BCUT2D eigenvalue weighted by molar-refractivity contribution is 5.73. The van der Waals surface area contributed by atoms with Crippen molar-refractivity contribution in [3.8, 4) is 0 Å². The van der Waals surface area contributed by atoms with E-state index >= 15 is 0 Å². The molecule has 1 heterocycles. The molecule has 0 radical (unpaired) electrons. The van der Waals surface area contributed by atoms with Gasteiger partial charge in [0.2, 0.25) is 5.89 Å². The van der Waals surface area contributed by atoms with Crippen molar-refractivity contribution >= 4 is 23.3 Å². The topological polar surface area (TPSA) is 26.0 Å². The van der Waals surface area contributed by atoms with Crippen LogP contribution in [0.3, 0.4) is 0 Å². The largest absolute Gasteiger partial charge is 0.437 e. The average Bonchev–Trinajstić information content (AvgIpc) is 2.90. The fourth-order valence-corrected chi connectivity index (χ4v) is 1.98. The van der Waals surface area contributed by atoms with Gasteiger partial charge in [0.15, 0.2) is 5.58 Å². The summed E-state index contributed by atoms with van der Waals surface area (Å²) in [4.78, 5) is 4.39. The zero-order chi connectivity index (χ0) is 13.6. The van der Waals surface area contributed by atoms with Crippen LogP contribution in [-0.2, 0) is 0 Å². The van der Waals surface area contributed by atoms with E-state index in [9.17, 15) is 0 Å². The Bertz CT molecular complexity index is 705. The Morgan fingerprint density at radius 3 is 2.45 bits per heavy atom. The Morgan fingerprint density at radius 2 is 1.60 bits per heavy atom. The summed E-state index contributed by atoms with van der Waals surface area (Å²) < 4.78 is 5.61. The fraction of sp³-hybridized carbons (Fsp3) is 0.0556. The third-order valence-electron chi connectivity index (χ3n) is 2.95. The summed E-state index contributed by atoms with van der Waals surface area (Å²) in [6, 6.07) is 18.0. The number of para-hydroxylation sites is 2. The minimum absolute atomic E-state index is 0.652. The molecule has 0 bridgehead atoms. The van der Waals surface area contributed by atoms with Gasteiger partial charge in [-0.3, -0.25) is 0 Å². The van der Waals surface area contributed by atoms with Gasteiger partial charge in [-0.25, -0.2) is 4.98 Å². The summed E-state index contributed by atoms with van der Waals surface area (Å²) in [5.74, 6) is 0.652. The van der Waals surface area contributed by atoms with E-state index in [0.29, 0.717) is 5.89 Å². The van der Waals surface area contributed by atoms with Crippen LogP contribution in [0.5, 0.6) is 0 Å². The molecule has 2 heteroatoms. The molecular weight excluding hydrogens is 246 g/mol. The highest BCUT2D eigenvalue weighted by Crippen LogP contribution is 2.15. The van der Waals surface area contributed by atoms with Crippen LogP contribution < -0.4 is 0 Å². The van der Waals surface area contributed by atoms with Crippen molar-refractivity contribution in [1.29, 1.82) is 0 Å². The number of hydrogen-bond acceptors (Lipinski definition) is 2. The molecule has 0 saturated carbocycles. The quantitative estimate of drug-likeness (QED) is 0.664. The first kappa shape index (κ1) is 12.4. The van der Waals surface area contributed by atoms with Gasteiger partial charge in [-0.05, 0) is 30.2 Å². The first-order valence-electron chi connectivity index (χ1n) is 6.65. The highest BCUT2D eigenvalue weighted by atomic mass is 16.3. The molecule has 0 saturated heterocycles. The monoisotopic (exact) mass is 261 g/mol. The Balaban J connectivity index is 1.62. The van der Waals surface area contributed by atoms with Crippen LogP contribution >= 0.6 is 0 Å². The van der Waals surface area contributed by atoms with Crippen LogP contribution in [0, 0.1) is 0 Å². The molecule has 0 aliphatic heterocycles. The van der Waals surface area contributed by atoms with Crippen LogP contribution in [0.25, 0.3) is 23.3 Å². The molecule has 2 aromatic carbocycles. The van der Waals surface area contributed by atoms with Gasteiger partial charge in [0.1, 0.15) is 5.52 Å². The number of rotatable bonds is 4. The smallest absolute Gasteiger partial charge is 0.219 e. The summed E-state index contributed by atoms with van der Waals surface area (Å²) in [5, 5.41) is 0. The number of hydrogen-bond donors (Lipinski definition) is 0. The molecular formula is C18H15NO. The van der Waals surface area contributed by atoms with E-state index < -0.39 is 0 Å². The molecule has 0 amide bonds. The number of oxazole rings is 1. The van der Waals surface area contributed by atoms with Gasteiger partial charge in [-0.15, -0.1) is 0 Å². The zero-order valence-corrected chi connectivity index (χ0v) is 11.1. The van der Waals surface area contributed by atoms with Crippen molar-refractivity contribution in [3.63, 3.8) is 0 Å². The van der Waals surface area contributed by atoms with Crippen molar-refractivity contribution in [2.45, 2.75) is 6.42 Å². The number of fused-ring (bicyclic) bond motifs is 1. The lowest BCUT2D eigenvalue weighted by Crippen LogP contribution is -1.70. The molecule has 0 aliphatic rings. The Hall–Kier alpha value is -2.61. The van der Waals surface area contributed by atoms with Crippen molar-refractivity contribution in [2.75, 3.05) is 0 Å². The average molecular weight is 261 g/mol. The number of allylic oxidation sites excluding steroid dienone is 2. The minimum atomic E-state index is 0.652. The van der Waals surface area contributed by atoms with Gasteiger partial charge in [0.05, 0.1) is 0 Å². The standard InChI is InChI=1S/C18H15NO/c1-3-9-15(10-4-1)11-5-2-6-14-18-19-16-12-7-8-13-17(16)20-18/h1,3-14H,2H2/b11-5+,14-6+. The lowest BCUT2D eigenvalue weighted by molar-refractivity contribution is 0.589. The molecule has 3 aromatic rings. The second-order valence-corrected chi connectivity index (χ2v) is 4.47. The molecule has 0 fully saturated rings. The van der Waals surface area contributed by atoms with Gasteiger partial charge in [0, 0.05) is 0 Å². The summed E-state index contributed by atoms with van der Waals surface area (Å²) in [6.45, 7) is 0. The number of benzene rings is 2. The molecule has 3 rings (SSSR count). The van der Waals surface area contributed by atoms with E-state index in [1.54, 1.807) is 0 Å². The SMILES string of the molecule is C(=C\c1ccccc1)/C/C=C/c1nc2ccccc2o1. The third-order valence-corrected chi connectivity index (χ3v) is 2.95. The number of nitrogens with zero attached hydrogens (tertiary/aromatic N) is 1. The maximum absolute atomic E-state index is 5.61. The van der Waals surface area contributed by atoms with E-state index in [4.69, 9.17) is 4.42 Å². The molecule has 0 spiro atoms. The molecule has 20 heavy (non-hydrogen) atoms. The molecule has 0 N–H and O–H groups in total. The number of aromatic nitrogens is 1. The first-order chi connectivity index (χ1) is 9.92. The summed E-state index contributed by atoms with van der Waals surface area (Å²) in [6.07, 6.45) is 9.04. The van der Waals surface area contributed by atoms with E-state index in [-0.39, 0.29) is 0 Å². The van der Waals surface area contributed by atoms with E-state index in [1.807, 2.05) is 54.6 Å². The second-order valence-electron chi connectivity index (χ2n) is 4.47. The van der Waals surface area contributed by atoms with Gasteiger partial charge in [0.25, 0.3) is 0 Å². The van der Waals surface area contributed by atoms with Gasteiger partial charge < -0.3 is 4.42 Å². The van der Waals surface area contributed by atoms with E-state index in [2.05, 4.69) is 29.3 Å². The van der Waals surface area contributed by atoms with Gasteiger partial charge >= 0.3 is 0 Å². The Kier molecular flexibility index (Phi) is 3.74. The van der Waals surface area contributed by atoms with Crippen LogP contribution in [0.1, 0.15) is 17.9 Å². The van der Waals surface area contributed by atoms with Gasteiger partial charge in [-0.2, -0.15) is 0 Å². The zero-order valence-electron chi connectivity index (χ0n) is 11.1. The lowest BCUT2D eigenvalue weighted by atomic mass is 10.2. The maximum Gasteiger partial charge on any atom is 0.219 e. The summed E-state index contributed by atoms with van der Waals surface area (Å²) in [5.41, 5.74) is 2.93. The predicted molar refractivity (Wildman–Crippen MR) is 83.1 cm³/mol. The van der Waals surface area contributed by atoms with Crippen molar-refractivity contribution in [3.05, 3.63) is 78.2 Å². The molecule has 98 valence electrons. The summed E-state index contributed by atoms with van der Waals surface area (Å²) in [7, 11) is 0. The summed E-state index contributed by atoms with van der Waals surface area (Å²) >= 11 is 0. The maximum atomic E-state index is 5.61. The van der Waals surface area contributed by atoms with Crippen LogP contribution in [0.2, 0.25) is 0 Å². The normalized spacial score (nSPS) is 11.8. The van der Waals surface area contributed by atoms with Gasteiger partial charge in [-0.1, -0.05) is 60.7 Å². The Morgan fingerprint density at radius 1 is 0.850 bits per heavy atom. The second kappa shape index (κ2) is 6.02. The van der Waals surface area contributed by atoms with Crippen LogP contribution in [0.15, 0.2) is 71.2 Å². The van der Waals surface area contributed by atoms with Crippen molar-refractivity contribution in [1.82, 2.24) is 4.98 Å². The molecule has 1 aromatic heterocycles. The van der Waals surface area contributed by atoms with E-state index in [0.717, 1.165) is 17.5 Å². The van der Waals surface area contributed by atoms with Crippen molar-refractivity contribution < 1.29 is 4.42 Å². The lowest BCUT2D eigenvalue weighted by Gasteiger charge is -1.89. The Labute approximate surface area is 118 Å². The van der Waals surface area contributed by atoms with Crippen LogP contribution in [0.4, 0.5) is 0 Å². The van der Waals surface area contributed by atoms with E-state index in [1.165, 1.54) is 5.56 Å². The molecule has 0 aliphatic carbocycles.